The summed E-state index contributed by atoms with van der Waals surface area (Å²) in [5.41, 5.74) is 1.29. The highest BCUT2D eigenvalue weighted by Crippen LogP contribution is 2.50. The van der Waals surface area contributed by atoms with Gasteiger partial charge in [-0.2, -0.15) is 0 Å². The highest BCUT2D eigenvalue weighted by Gasteiger charge is 2.60. The van der Waals surface area contributed by atoms with Gasteiger partial charge in [-0.1, -0.05) is 37.3 Å². The molecular formula is C27H32ClN3O2. The number of likely N-dealkylation sites (tertiary alicyclic amines) is 1. The number of halogens is 1. The Labute approximate surface area is 201 Å². The van der Waals surface area contributed by atoms with Gasteiger partial charge in [-0.3, -0.25) is 14.6 Å². The number of piperidine rings is 1. The van der Waals surface area contributed by atoms with Gasteiger partial charge in [0.1, 0.15) is 11.6 Å². The number of rotatable bonds is 4. The summed E-state index contributed by atoms with van der Waals surface area (Å²) in [5, 5.41) is 0.666. The lowest BCUT2D eigenvalue weighted by atomic mass is 9.69. The van der Waals surface area contributed by atoms with Crippen molar-refractivity contribution in [1.82, 2.24) is 4.90 Å². The minimum Gasteiger partial charge on any atom is -0.497 e. The van der Waals surface area contributed by atoms with Crippen LogP contribution in [-0.4, -0.2) is 42.9 Å². The van der Waals surface area contributed by atoms with Crippen LogP contribution in [-0.2, 0) is 4.79 Å². The number of ether oxygens (including phenoxy) is 1. The second-order valence-corrected chi connectivity index (χ2v) is 9.94. The third-order valence-electron chi connectivity index (χ3n) is 7.53. The molecule has 0 bridgehead atoms. The molecule has 0 aromatic heterocycles. The van der Waals surface area contributed by atoms with Gasteiger partial charge in [0.2, 0.25) is 5.91 Å². The summed E-state index contributed by atoms with van der Waals surface area (Å²) in [6.07, 6.45) is 8.87. The number of hydrogen-bond acceptors (Lipinski definition) is 4. The van der Waals surface area contributed by atoms with Crippen molar-refractivity contribution < 1.29 is 9.53 Å². The molecule has 1 atom stereocenters. The van der Waals surface area contributed by atoms with Crippen molar-refractivity contribution >= 4 is 34.7 Å². The van der Waals surface area contributed by atoms with E-state index in [9.17, 15) is 4.79 Å². The van der Waals surface area contributed by atoms with Gasteiger partial charge in [-0.15, -0.1) is 0 Å². The Morgan fingerprint density at radius 1 is 0.909 bits per heavy atom. The Kier molecular flexibility index (Phi) is 6.44. The average Bonchev–Trinajstić information content (AvgIpc) is 3.08. The lowest BCUT2D eigenvalue weighted by molar-refractivity contribution is -0.130. The van der Waals surface area contributed by atoms with Crippen LogP contribution in [0.5, 0.6) is 5.75 Å². The zero-order chi connectivity index (χ0) is 22.8. The van der Waals surface area contributed by atoms with E-state index < -0.39 is 5.41 Å². The van der Waals surface area contributed by atoms with Crippen LogP contribution in [0, 0.1) is 5.41 Å². The van der Waals surface area contributed by atoms with Gasteiger partial charge in [-0.25, -0.2) is 4.99 Å². The van der Waals surface area contributed by atoms with Crippen molar-refractivity contribution in [3.05, 3.63) is 53.6 Å². The number of benzene rings is 2. The molecule has 2 aromatic carbocycles. The minimum absolute atomic E-state index is 0.00313. The van der Waals surface area contributed by atoms with E-state index in [4.69, 9.17) is 21.3 Å². The first-order valence-electron chi connectivity index (χ1n) is 12.2. The van der Waals surface area contributed by atoms with Crippen molar-refractivity contribution in [2.75, 3.05) is 25.1 Å². The van der Waals surface area contributed by atoms with Crippen molar-refractivity contribution in [1.29, 1.82) is 0 Å². The third-order valence-corrected chi connectivity index (χ3v) is 7.78. The number of carbonyl (C=O) groups is 1. The first-order valence-corrected chi connectivity index (χ1v) is 12.6. The molecule has 3 aliphatic rings. The lowest BCUT2D eigenvalue weighted by Gasteiger charge is -2.42. The zero-order valence-corrected chi connectivity index (χ0v) is 20.1. The smallest absolute Gasteiger partial charge is 0.240 e. The van der Waals surface area contributed by atoms with Crippen LogP contribution >= 0.6 is 11.6 Å². The molecule has 1 saturated carbocycles. The largest absolute Gasteiger partial charge is 0.497 e. The van der Waals surface area contributed by atoms with Crippen LogP contribution < -0.4 is 9.64 Å². The van der Waals surface area contributed by atoms with E-state index in [0.29, 0.717) is 5.02 Å². The minimum atomic E-state index is -0.402. The molecule has 0 radical (unpaired) electrons. The molecule has 2 aliphatic heterocycles. The van der Waals surface area contributed by atoms with E-state index in [1.807, 2.05) is 53.4 Å². The van der Waals surface area contributed by atoms with E-state index in [-0.39, 0.29) is 11.9 Å². The third kappa shape index (κ3) is 4.17. The van der Waals surface area contributed by atoms with Gasteiger partial charge in [0.05, 0.1) is 29.9 Å². The van der Waals surface area contributed by atoms with Gasteiger partial charge in [-0.05, 0) is 87.3 Å². The molecule has 5 rings (SSSR count). The van der Waals surface area contributed by atoms with Crippen LogP contribution in [0.2, 0.25) is 5.02 Å². The Morgan fingerprint density at radius 2 is 1.55 bits per heavy atom. The number of amidine groups is 1. The summed E-state index contributed by atoms with van der Waals surface area (Å²) < 4.78 is 5.33. The monoisotopic (exact) mass is 465 g/mol. The van der Waals surface area contributed by atoms with Crippen molar-refractivity contribution in [2.24, 2.45) is 10.4 Å². The summed E-state index contributed by atoms with van der Waals surface area (Å²) in [7, 11) is 1.66. The van der Waals surface area contributed by atoms with E-state index in [1.165, 1.54) is 25.7 Å². The Bertz CT molecular complexity index is 1010. The molecule has 6 heteroatoms. The lowest BCUT2D eigenvalue weighted by Crippen LogP contribution is -2.52. The predicted octanol–water partition coefficient (Wildman–Crippen LogP) is 6.23. The van der Waals surface area contributed by atoms with Crippen LogP contribution in [0.4, 0.5) is 11.4 Å². The molecule has 0 unspecified atom stereocenters. The normalized spacial score (nSPS) is 24.5. The van der Waals surface area contributed by atoms with E-state index in [1.54, 1.807) is 7.11 Å². The van der Waals surface area contributed by atoms with Crippen LogP contribution in [0.3, 0.4) is 0 Å². The Hall–Kier alpha value is -2.37. The molecule has 3 fully saturated rings. The quantitative estimate of drug-likeness (QED) is 0.537. The number of amides is 1. The molecule has 33 heavy (non-hydrogen) atoms. The molecule has 1 spiro atoms. The molecule has 1 aliphatic carbocycles. The fraction of sp³-hybridized carbons (Fsp3) is 0.481. The predicted molar refractivity (Wildman–Crippen MR) is 134 cm³/mol. The van der Waals surface area contributed by atoms with Crippen LogP contribution in [0.15, 0.2) is 53.5 Å². The summed E-state index contributed by atoms with van der Waals surface area (Å²) in [5.74, 6) is 1.86. The topological polar surface area (TPSA) is 45.1 Å². The highest BCUT2D eigenvalue weighted by molar-refractivity contribution is 6.31. The SMILES string of the molecule is COc1ccc(N=C2[C@@H](N3CCCCC3)C3(CCCCC3)C(=O)N2c2ccc(Cl)cc2)cc1. The molecule has 2 heterocycles. The number of hydrogen-bond donors (Lipinski definition) is 0. The molecule has 0 N–H and O–H groups in total. The van der Waals surface area contributed by atoms with Gasteiger partial charge in [0.25, 0.3) is 0 Å². The Morgan fingerprint density at radius 3 is 2.18 bits per heavy atom. The zero-order valence-electron chi connectivity index (χ0n) is 19.3. The first-order chi connectivity index (χ1) is 16.1. The fourth-order valence-corrected chi connectivity index (χ4v) is 6.04. The van der Waals surface area contributed by atoms with Crippen molar-refractivity contribution in [3.63, 3.8) is 0 Å². The number of aliphatic imine (C=N–C) groups is 1. The highest BCUT2D eigenvalue weighted by atomic mass is 35.5. The standard InChI is InChI=1S/C27H32ClN3O2/c1-33-23-14-10-21(11-15-23)29-25-24(30-18-6-3-7-19-30)27(16-4-2-5-17-27)26(32)31(25)22-12-8-20(28)9-13-22/h8-15,24H,2-7,16-19H2,1H3/t24-/m1/s1. The molecule has 2 aromatic rings. The number of anilines is 1. The molecule has 2 saturated heterocycles. The molecule has 5 nitrogen and oxygen atoms in total. The average molecular weight is 466 g/mol. The summed E-state index contributed by atoms with van der Waals surface area (Å²) in [4.78, 5) is 23.9. The maximum Gasteiger partial charge on any atom is 0.240 e. The Balaban J connectivity index is 1.66. The van der Waals surface area contributed by atoms with Gasteiger partial charge in [0.15, 0.2) is 0 Å². The number of nitrogens with zero attached hydrogens (tertiary/aromatic N) is 3. The van der Waals surface area contributed by atoms with Gasteiger partial charge in [0, 0.05) is 5.02 Å². The molecular weight excluding hydrogens is 434 g/mol. The van der Waals surface area contributed by atoms with E-state index in [2.05, 4.69) is 4.90 Å². The first kappa shape index (κ1) is 22.4. The van der Waals surface area contributed by atoms with Crippen LogP contribution in [0.25, 0.3) is 0 Å². The summed E-state index contributed by atoms with van der Waals surface area (Å²) in [6.45, 7) is 2.05. The second-order valence-electron chi connectivity index (χ2n) is 9.50. The van der Waals surface area contributed by atoms with Crippen molar-refractivity contribution in [2.45, 2.75) is 57.4 Å². The van der Waals surface area contributed by atoms with E-state index in [0.717, 1.165) is 61.7 Å². The number of methoxy groups -OCH3 is 1. The summed E-state index contributed by atoms with van der Waals surface area (Å²) >= 11 is 6.19. The van der Waals surface area contributed by atoms with Crippen molar-refractivity contribution in [3.8, 4) is 5.75 Å². The van der Waals surface area contributed by atoms with E-state index >= 15 is 0 Å². The molecule has 174 valence electrons. The van der Waals surface area contributed by atoms with Gasteiger partial charge < -0.3 is 4.74 Å². The maximum absolute atomic E-state index is 14.3. The summed E-state index contributed by atoms with van der Waals surface area (Å²) in [6, 6.07) is 15.4. The second kappa shape index (κ2) is 9.47. The fourth-order valence-electron chi connectivity index (χ4n) is 5.91. The maximum atomic E-state index is 14.3. The van der Waals surface area contributed by atoms with Crippen LogP contribution in [0.1, 0.15) is 51.4 Å². The molecule has 1 amide bonds. The van der Waals surface area contributed by atoms with Gasteiger partial charge >= 0.3 is 0 Å². The number of carbonyl (C=O) groups excluding carboxylic acids is 1.